The molecule has 0 atom stereocenters. The zero-order valence-corrected chi connectivity index (χ0v) is 11.5. The molecule has 0 heterocycles. The molecule has 0 radical (unpaired) electrons. The number of benzene rings is 1. The van der Waals surface area contributed by atoms with E-state index in [0.29, 0.717) is 5.75 Å². The summed E-state index contributed by atoms with van der Waals surface area (Å²) in [6.07, 6.45) is 0. The molecular weight excluding hydrogens is 242 g/mol. The fraction of sp³-hybridized carbons (Fsp3) is 0.500. The Labute approximate surface area is 109 Å². The number of hydrogen-bond donors (Lipinski definition) is 1. The van der Waals surface area contributed by atoms with Crippen molar-refractivity contribution in [2.24, 2.45) is 0 Å². The second-order valence-corrected chi connectivity index (χ2v) is 3.30. The van der Waals surface area contributed by atoms with Crippen LogP contribution in [0, 0.1) is 0 Å². The van der Waals surface area contributed by atoms with Crippen molar-refractivity contribution in [3.8, 4) is 17.2 Å². The van der Waals surface area contributed by atoms with Crippen molar-refractivity contribution < 1.29 is 14.2 Å². The monoisotopic (exact) mass is 261 g/mol. The van der Waals surface area contributed by atoms with E-state index in [-0.39, 0.29) is 12.4 Å². The Morgan fingerprint density at radius 2 is 1.47 bits per heavy atom. The minimum absolute atomic E-state index is 0. The SMILES string of the molecule is CCNCc1cc(OC)c(OC)cc1OC.Cl. The number of halogens is 1. The van der Waals surface area contributed by atoms with E-state index in [4.69, 9.17) is 14.2 Å². The molecule has 1 aromatic rings. The number of methoxy groups -OCH3 is 3. The summed E-state index contributed by atoms with van der Waals surface area (Å²) in [4.78, 5) is 0. The molecule has 0 spiro atoms. The van der Waals surface area contributed by atoms with Crippen LogP contribution in [-0.4, -0.2) is 27.9 Å². The Hall–Kier alpha value is -1.13. The average molecular weight is 262 g/mol. The Morgan fingerprint density at radius 3 is 1.94 bits per heavy atom. The molecule has 0 saturated carbocycles. The van der Waals surface area contributed by atoms with Gasteiger partial charge in [0.15, 0.2) is 11.5 Å². The van der Waals surface area contributed by atoms with Crippen LogP contribution in [0.4, 0.5) is 0 Å². The van der Waals surface area contributed by atoms with Crippen LogP contribution < -0.4 is 19.5 Å². The largest absolute Gasteiger partial charge is 0.496 e. The number of hydrogen-bond acceptors (Lipinski definition) is 4. The van der Waals surface area contributed by atoms with Gasteiger partial charge in [0.1, 0.15) is 5.75 Å². The minimum Gasteiger partial charge on any atom is -0.496 e. The first-order valence-corrected chi connectivity index (χ1v) is 5.26. The molecule has 1 rings (SSSR count). The van der Waals surface area contributed by atoms with Gasteiger partial charge in [-0.1, -0.05) is 6.92 Å². The maximum atomic E-state index is 5.31. The molecule has 0 aromatic heterocycles. The minimum atomic E-state index is 0. The van der Waals surface area contributed by atoms with E-state index >= 15 is 0 Å². The Balaban J connectivity index is 0.00000256. The van der Waals surface area contributed by atoms with Crippen molar-refractivity contribution in [2.75, 3.05) is 27.9 Å². The van der Waals surface area contributed by atoms with Gasteiger partial charge in [-0.05, 0) is 12.6 Å². The summed E-state index contributed by atoms with van der Waals surface area (Å²) in [5, 5.41) is 3.25. The Kier molecular flexibility index (Phi) is 7.50. The first-order chi connectivity index (χ1) is 7.76. The van der Waals surface area contributed by atoms with E-state index in [1.165, 1.54) is 0 Å². The fourth-order valence-corrected chi connectivity index (χ4v) is 1.49. The third kappa shape index (κ3) is 3.98. The maximum absolute atomic E-state index is 5.31. The van der Waals surface area contributed by atoms with Gasteiger partial charge < -0.3 is 19.5 Å². The van der Waals surface area contributed by atoms with Crippen molar-refractivity contribution in [1.82, 2.24) is 5.32 Å². The highest BCUT2D eigenvalue weighted by Gasteiger charge is 2.10. The van der Waals surface area contributed by atoms with E-state index in [1.807, 2.05) is 12.1 Å². The zero-order chi connectivity index (χ0) is 12.0. The van der Waals surface area contributed by atoms with Gasteiger partial charge >= 0.3 is 0 Å². The van der Waals surface area contributed by atoms with E-state index in [0.717, 1.165) is 30.2 Å². The van der Waals surface area contributed by atoms with Crippen LogP contribution in [0.3, 0.4) is 0 Å². The van der Waals surface area contributed by atoms with Gasteiger partial charge in [0.2, 0.25) is 0 Å². The van der Waals surface area contributed by atoms with Crippen molar-refractivity contribution in [3.05, 3.63) is 17.7 Å². The number of nitrogens with one attached hydrogen (secondary N) is 1. The first kappa shape index (κ1) is 15.9. The molecule has 0 amide bonds. The third-order valence-corrected chi connectivity index (χ3v) is 2.35. The maximum Gasteiger partial charge on any atom is 0.164 e. The lowest BCUT2D eigenvalue weighted by atomic mass is 10.1. The van der Waals surface area contributed by atoms with Crippen LogP contribution in [-0.2, 0) is 6.54 Å². The molecule has 0 fully saturated rings. The van der Waals surface area contributed by atoms with Crippen molar-refractivity contribution in [1.29, 1.82) is 0 Å². The lowest BCUT2D eigenvalue weighted by Gasteiger charge is -2.14. The summed E-state index contributed by atoms with van der Waals surface area (Å²) in [7, 11) is 4.89. The van der Waals surface area contributed by atoms with Gasteiger partial charge in [0.25, 0.3) is 0 Å². The molecule has 0 bridgehead atoms. The summed E-state index contributed by atoms with van der Waals surface area (Å²) in [5.74, 6) is 2.20. The highest BCUT2D eigenvalue weighted by Crippen LogP contribution is 2.34. The summed E-state index contributed by atoms with van der Waals surface area (Å²) in [6, 6.07) is 3.77. The standard InChI is InChI=1S/C12H19NO3.ClH/c1-5-13-8-9-6-11(15-3)12(16-4)7-10(9)14-2;/h6-7,13H,5,8H2,1-4H3;1H. The molecule has 98 valence electrons. The zero-order valence-electron chi connectivity index (χ0n) is 10.7. The molecule has 4 nitrogen and oxygen atoms in total. The normalized spacial score (nSPS) is 9.41. The van der Waals surface area contributed by atoms with Crippen molar-refractivity contribution in [3.63, 3.8) is 0 Å². The van der Waals surface area contributed by atoms with E-state index < -0.39 is 0 Å². The lowest BCUT2D eigenvalue weighted by Crippen LogP contribution is -2.12. The van der Waals surface area contributed by atoms with Crippen LogP contribution in [0.5, 0.6) is 17.2 Å². The lowest BCUT2D eigenvalue weighted by molar-refractivity contribution is 0.347. The number of rotatable bonds is 6. The quantitative estimate of drug-likeness (QED) is 0.853. The summed E-state index contributed by atoms with van der Waals surface area (Å²) >= 11 is 0. The van der Waals surface area contributed by atoms with Crippen LogP contribution in [0.25, 0.3) is 0 Å². The van der Waals surface area contributed by atoms with Crippen LogP contribution in [0.1, 0.15) is 12.5 Å². The van der Waals surface area contributed by atoms with Crippen molar-refractivity contribution >= 4 is 12.4 Å². The molecule has 0 saturated heterocycles. The molecule has 0 aliphatic heterocycles. The van der Waals surface area contributed by atoms with Gasteiger partial charge in [0, 0.05) is 18.2 Å². The molecular formula is C12H20ClNO3. The first-order valence-electron chi connectivity index (χ1n) is 5.26. The predicted octanol–water partition coefficient (Wildman–Crippen LogP) is 2.24. The van der Waals surface area contributed by atoms with Gasteiger partial charge in [0.05, 0.1) is 21.3 Å². The second kappa shape index (κ2) is 8.03. The molecule has 0 aliphatic rings. The van der Waals surface area contributed by atoms with E-state index in [1.54, 1.807) is 21.3 Å². The van der Waals surface area contributed by atoms with Gasteiger partial charge in [-0.15, -0.1) is 12.4 Å². The summed E-state index contributed by atoms with van der Waals surface area (Å²) in [6.45, 7) is 3.73. The Morgan fingerprint density at radius 1 is 0.941 bits per heavy atom. The Bertz CT molecular complexity index is 345. The molecule has 1 aromatic carbocycles. The number of ether oxygens (including phenoxy) is 3. The van der Waals surface area contributed by atoms with E-state index in [9.17, 15) is 0 Å². The topological polar surface area (TPSA) is 39.7 Å². The predicted molar refractivity (Wildman–Crippen MR) is 70.7 cm³/mol. The molecule has 17 heavy (non-hydrogen) atoms. The average Bonchev–Trinajstić information content (AvgIpc) is 2.35. The fourth-order valence-electron chi connectivity index (χ4n) is 1.49. The van der Waals surface area contributed by atoms with Crippen LogP contribution >= 0.6 is 12.4 Å². The van der Waals surface area contributed by atoms with Crippen LogP contribution in [0.2, 0.25) is 0 Å². The smallest absolute Gasteiger partial charge is 0.164 e. The third-order valence-electron chi connectivity index (χ3n) is 2.35. The highest BCUT2D eigenvalue weighted by molar-refractivity contribution is 5.85. The van der Waals surface area contributed by atoms with E-state index in [2.05, 4.69) is 12.2 Å². The summed E-state index contributed by atoms with van der Waals surface area (Å²) < 4.78 is 15.8. The molecule has 0 aliphatic carbocycles. The van der Waals surface area contributed by atoms with Gasteiger partial charge in [-0.3, -0.25) is 0 Å². The molecule has 1 N–H and O–H groups in total. The van der Waals surface area contributed by atoms with Crippen molar-refractivity contribution in [2.45, 2.75) is 13.5 Å². The van der Waals surface area contributed by atoms with Gasteiger partial charge in [-0.2, -0.15) is 0 Å². The molecule has 0 unspecified atom stereocenters. The molecule has 5 heteroatoms. The van der Waals surface area contributed by atoms with Gasteiger partial charge in [-0.25, -0.2) is 0 Å². The highest BCUT2D eigenvalue weighted by atomic mass is 35.5. The second-order valence-electron chi connectivity index (χ2n) is 3.30. The van der Waals surface area contributed by atoms with Crippen LogP contribution in [0.15, 0.2) is 12.1 Å². The summed E-state index contributed by atoms with van der Waals surface area (Å²) in [5.41, 5.74) is 1.06.